The Bertz CT molecular complexity index is 590. The third-order valence-corrected chi connectivity index (χ3v) is 3.93. The molecule has 0 amide bonds. The Morgan fingerprint density at radius 3 is 3.05 bits per heavy atom. The number of ether oxygens (including phenoxy) is 1. The smallest absolute Gasteiger partial charge is 0.130 e. The number of hydrogen-bond donors (Lipinski definition) is 1. The van der Waals surface area contributed by atoms with Crippen LogP contribution in [0.2, 0.25) is 0 Å². The fourth-order valence-electron chi connectivity index (χ4n) is 2.86. The molecular weight excluding hydrogens is 276 g/mol. The number of nitrogens with one attached hydrogen (secondary N) is 1. The first kappa shape index (κ1) is 14.9. The molecule has 1 aliphatic rings. The van der Waals surface area contributed by atoms with Crippen molar-refractivity contribution in [1.82, 2.24) is 14.9 Å². The van der Waals surface area contributed by atoms with Crippen molar-refractivity contribution in [2.24, 2.45) is 0 Å². The van der Waals surface area contributed by atoms with Gasteiger partial charge in [0.15, 0.2) is 0 Å². The molecule has 0 saturated carbocycles. The van der Waals surface area contributed by atoms with Crippen LogP contribution in [-0.2, 0) is 17.7 Å². The van der Waals surface area contributed by atoms with Gasteiger partial charge in [0.1, 0.15) is 5.82 Å². The lowest BCUT2D eigenvalue weighted by atomic mass is 10.1. The second-order valence-corrected chi connectivity index (χ2v) is 5.55. The lowest BCUT2D eigenvalue weighted by Gasteiger charge is -2.33. The molecule has 116 valence electrons. The van der Waals surface area contributed by atoms with Crippen LogP contribution in [0.4, 0.5) is 5.82 Å². The summed E-state index contributed by atoms with van der Waals surface area (Å²) in [6.07, 6.45) is 6.69. The quantitative estimate of drug-likeness (QED) is 0.914. The van der Waals surface area contributed by atoms with Gasteiger partial charge in [0.05, 0.1) is 12.7 Å². The third-order valence-electron chi connectivity index (χ3n) is 3.93. The molecule has 2 aromatic rings. The molecule has 3 rings (SSSR count). The molecule has 0 spiro atoms. The molecule has 1 fully saturated rings. The maximum Gasteiger partial charge on any atom is 0.130 e. The van der Waals surface area contributed by atoms with E-state index in [0.717, 1.165) is 38.5 Å². The molecule has 1 aliphatic heterocycles. The Morgan fingerprint density at radius 1 is 1.32 bits per heavy atom. The average Bonchev–Trinajstić information content (AvgIpc) is 2.57. The number of rotatable bonds is 5. The van der Waals surface area contributed by atoms with Crippen molar-refractivity contribution in [3.63, 3.8) is 0 Å². The van der Waals surface area contributed by atoms with Crippen molar-refractivity contribution in [1.29, 1.82) is 0 Å². The van der Waals surface area contributed by atoms with Crippen LogP contribution in [-0.4, -0.2) is 47.7 Å². The first-order valence-electron chi connectivity index (χ1n) is 7.69. The summed E-state index contributed by atoms with van der Waals surface area (Å²) in [5, 5.41) is 3.16. The van der Waals surface area contributed by atoms with Crippen molar-refractivity contribution >= 4 is 5.82 Å². The summed E-state index contributed by atoms with van der Waals surface area (Å²) >= 11 is 0. The van der Waals surface area contributed by atoms with E-state index in [4.69, 9.17) is 4.74 Å². The largest absolute Gasteiger partial charge is 0.375 e. The summed E-state index contributed by atoms with van der Waals surface area (Å²) < 4.78 is 5.91. The summed E-state index contributed by atoms with van der Waals surface area (Å²) in [5.74, 6) is 0.956. The summed E-state index contributed by atoms with van der Waals surface area (Å²) in [5.41, 5.74) is 2.46. The lowest BCUT2D eigenvalue weighted by molar-refractivity contribution is -0.0304. The van der Waals surface area contributed by atoms with Gasteiger partial charge < -0.3 is 10.1 Å². The van der Waals surface area contributed by atoms with E-state index in [9.17, 15) is 0 Å². The van der Waals surface area contributed by atoms with Gasteiger partial charge in [-0.05, 0) is 17.7 Å². The van der Waals surface area contributed by atoms with Crippen molar-refractivity contribution < 1.29 is 4.74 Å². The molecule has 0 radical (unpaired) electrons. The minimum atomic E-state index is 0.229. The fraction of sp³-hybridized carbons (Fsp3) is 0.412. The fourth-order valence-corrected chi connectivity index (χ4v) is 2.86. The summed E-state index contributed by atoms with van der Waals surface area (Å²) in [4.78, 5) is 11.0. The molecule has 0 aliphatic carbocycles. The monoisotopic (exact) mass is 298 g/mol. The predicted molar refractivity (Wildman–Crippen MR) is 86.7 cm³/mol. The zero-order valence-corrected chi connectivity index (χ0v) is 12.9. The maximum atomic E-state index is 5.91. The van der Waals surface area contributed by atoms with Crippen LogP contribution in [0.15, 0.2) is 42.9 Å². The van der Waals surface area contributed by atoms with Gasteiger partial charge in [-0.3, -0.25) is 9.88 Å². The molecular formula is C17H22N4O. The molecule has 1 saturated heterocycles. The van der Waals surface area contributed by atoms with Crippen LogP contribution < -0.4 is 5.32 Å². The first-order valence-corrected chi connectivity index (χ1v) is 7.69. The van der Waals surface area contributed by atoms with Gasteiger partial charge in [0.2, 0.25) is 0 Å². The second kappa shape index (κ2) is 7.33. The van der Waals surface area contributed by atoms with Gasteiger partial charge in [-0.2, -0.15) is 0 Å². The molecule has 2 aromatic heterocycles. The maximum absolute atomic E-state index is 5.91. The van der Waals surface area contributed by atoms with Gasteiger partial charge in [-0.1, -0.05) is 12.1 Å². The molecule has 0 bridgehead atoms. The molecule has 1 atom stereocenters. The van der Waals surface area contributed by atoms with Crippen LogP contribution in [0.5, 0.6) is 0 Å². The van der Waals surface area contributed by atoms with Crippen LogP contribution >= 0.6 is 0 Å². The Morgan fingerprint density at radius 2 is 2.23 bits per heavy atom. The Labute approximate surface area is 131 Å². The molecule has 3 heterocycles. The zero-order valence-electron chi connectivity index (χ0n) is 12.9. The standard InChI is InChI=1S/C17H22N4O/c1-18-17-15(5-3-7-20-17)12-21-8-9-22-16(13-21)10-14-4-2-6-19-11-14/h2-7,11,16H,8-10,12-13H2,1H3,(H,18,20). The van der Waals surface area contributed by atoms with Gasteiger partial charge in [-0.15, -0.1) is 0 Å². The van der Waals surface area contributed by atoms with Crippen LogP contribution in [0.1, 0.15) is 11.1 Å². The molecule has 1 N–H and O–H groups in total. The molecule has 0 aromatic carbocycles. The van der Waals surface area contributed by atoms with E-state index in [1.807, 2.05) is 31.6 Å². The average molecular weight is 298 g/mol. The van der Waals surface area contributed by atoms with Crippen molar-refractivity contribution in [3.05, 3.63) is 54.0 Å². The van der Waals surface area contributed by atoms with Crippen molar-refractivity contribution in [3.8, 4) is 0 Å². The van der Waals surface area contributed by atoms with E-state index >= 15 is 0 Å². The van der Waals surface area contributed by atoms with Crippen molar-refractivity contribution in [2.45, 2.75) is 19.1 Å². The minimum absolute atomic E-state index is 0.229. The number of morpholine rings is 1. The topological polar surface area (TPSA) is 50.3 Å². The highest BCUT2D eigenvalue weighted by molar-refractivity contribution is 5.42. The van der Waals surface area contributed by atoms with E-state index in [1.165, 1.54) is 11.1 Å². The van der Waals surface area contributed by atoms with E-state index in [0.29, 0.717) is 0 Å². The molecule has 5 nitrogen and oxygen atoms in total. The van der Waals surface area contributed by atoms with E-state index in [2.05, 4.69) is 32.3 Å². The lowest BCUT2D eigenvalue weighted by Crippen LogP contribution is -2.42. The van der Waals surface area contributed by atoms with Crippen LogP contribution in [0, 0.1) is 0 Å². The van der Waals surface area contributed by atoms with Gasteiger partial charge in [0, 0.05) is 57.3 Å². The molecule has 1 unspecified atom stereocenters. The number of aromatic nitrogens is 2. The highest BCUT2D eigenvalue weighted by atomic mass is 16.5. The van der Waals surface area contributed by atoms with Gasteiger partial charge in [-0.25, -0.2) is 4.98 Å². The number of hydrogen-bond acceptors (Lipinski definition) is 5. The Kier molecular flexibility index (Phi) is 4.98. The predicted octanol–water partition coefficient (Wildman–Crippen LogP) is 1.96. The SMILES string of the molecule is CNc1ncccc1CN1CCOC(Cc2cccnc2)C1. The third kappa shape index (κ3) is 3.81. The van der Waals surface area contributed by atoms with E-state index in [1.54, 1.807) is 6.20 Å². The summed E-state index contributed by atoms with van der Waals surface area (Å²) in [7, 11) is 1.91. The summed E-state index contributed by atoms with van der Waals surface area (Å²) in [6.45, 7) is 3.57. The van der Waals surface area contributed by atoms with E-state index in [-0.39, 0.29) is 6.10 Å². The normalized spacial score (nSPS) is 19.0. The zero-order chi connectivity index (χ0) is 15.2. The second-order valence-electron chi connectivity index (χ2n) is 5.55. The number of anilines is 1. The Balaban J connectivity index is 1.61. The summed E-state index contributed by atoms with van der Waals surface area (Å²) in [6, 6.07) is 8.20. The highest BCUT2D eigenvalue weighted by Gasteiger charge is 2.21. The van der Waals surface area contributed by atoms with E-state index < -0.39 is 0 Å². The Hall–Kier alpha value is -1.98. The van der Waals surface area contributed by atoms with Crippen LogP contribution in [0.25, 0.3) is 0 Å². The number of pyridine rings is 2. The molecule has 5 heteroatoms. The van der Waals surface area contributed by atoms with Gasteiger partial charge in [0.25, 0.3) is 0 Å². The van der Waals surface area contributed by atoms with Crippen molar-refractivity contribution in [2.75, 3.05) is 32.1 Å². The minimum Gasteiger partial charge on any atom is -0.375 e. The first-order chi connectivity index (χ1) is 10.8. The highest BCUT2D eigenvalue weighted by Crippen LogP contribution is 2.17. The molecule has 22 heavy (non-hydrogen) atoms. The van der Waals surface area contributed by atoms with Crippen LogP contribution in [0.3, 0.4) is 0 Å². The number of nitrogens with zero attached hydrogens (tertiary/aromatic N) is 3. The van der Waals surface area contributed by atoms with Gasteiger partial charge >= 0.3 is 0 Å².